The second-order valence-electron chi connectivity index (χ2n) is 5.79. The Kier molecular flexibility index (Phi) is 2.29. The zero-order valence-electron chi connectivity index (χ0n) is 11.2. The van der Waals surface area contributed by atoms with Gasteiger partial charge in [0, 0.05) is 17.2 Å². The van der Waals surface area contributed by atoms with Crippen molar-refractivity contribution < 1.29 is 10.2 Å². The van der Waals surface area contributed by atoms with Crippen molar-refractivity contribution in [3.8, 4) is 0 Å². The van der Waals surface area contributed by atoms with E-state index < -0.39 is 11.7 Å². The largest absolute Gasteiger partial charge is 0.387 e. The summed E-state index contributed by atoms with van der Waals surface area (Å²) in [5, 5.41) is 25.3. The van der Waals surface area contributed by atoms with Crippen LogP contribution in [0.5, 0.6) is 0 Å². The van der Waals surface area contributed by atoms with Crippen molar-refractivity contribution >= 4 is 5.69 Å². The molecule has 3 N–H and O–H groups in total. The van der Waals surface area contributed by atoms with Crippen LogP contribution in [0.4, 0.5) is 5.69 Å². The minimum absolute atomic E-state index is 0.145. The molecule has 1 heterocycles. The van der Waals surface area contributed by atoms with E-state index in [0.717, 1.165) is 22.4 Å². The van der Waals surface area contributed by atoms with Gasteiger partial charge in [0.1, 0.15) is 11.7 Å². The van der Waals surface area contributed by atoms with Crippen LogP contribution in [0.1, 0.15) is 35.6 Å². The van der Waals surface area contributed by atoms with Crippen LogP contribution in [-0.4, -0.2) is 16.3 Å². The van der Waals surface area contributed by atoms with Gasteiger partial charge >= 0.3 is 0 Å². The van der Waals surface area contributed by atoms with Crippen molar-refractivity contribution in [3.05, 3.63) is 65.2 Å². The van der Waals surface area contributed by atoms with E-state index >= 15 is 0 Å². The Hall–Kier alpha value is -1.84. The summed E-state index contributed by atoms with van der Waals surface area (Å²) in [6.45, 7) is 1.99. The van der Waals surface area contributed by atoms with Gasteiger partial charge in [0.25, 0.3) is 0 Å². The smallest absolute Gasteiger partial charge is 0.126 e. The average molecular weight is 267 g/mol. The maximum Gasteiger partial charge on any atom is 0.126 e. The molecule has 0 unspecified atom stereocenters. The summed E-state index contributed by atoms with van der Waals surface area (Å²) in [5.41, 5.74) is 2.64. The molecule has 2 bridgehead atoms. The van der Waals surface area contributed by atoms with Crippen LogP contribution < -0.4 is 5.32 Å². The fraction of sp³-hybridized carbons (Fsp3) is 0.294. The van der Waals surface area contributed by atoms with Crippen LogP contribution in [-0.2, 0) is 5.60 Å². The molecule has 102 valence electrons. The minimum atomic E-state index is -1.24. The Morgan fingerprint density at radius 3 is 2.45 bits per heavy atom. The predicted octanol–water partition coefficient (Wildman–Crippen LogP) is 2.52. The summed E-state index contributed by atoms with van der Waals surface area (Å²) in [4.78, 5) is 0. The highest BCUT2D eigenvalue weighted by molar-refractivity contribution is 5.63. The first-order chi connectivity index (χ1) is 9.64. The molecule has 3 nitrogen and oxygen atoms in total. The Morgan fingerprint density at radius 2 is 1.65 bits per heavy atom. The maximum absolute atomic E-state index is 11.2. The SMILES string of the molecule is C[C@@H]1c2ccccc2[C@@H]2Nc3ccccc3[C@@]1(O)[C@H]2O. The molecule has 0 saturated carbocycles. The fourth-order valence-corrected chi connectivity index (χ4v) is 3.78. The van der Waals surface area contributed by atoms with E-state index in [-0.39, 0.29) is 12.0 Å². The molecule has 2 aliphatic rings. The highest BCUT2D eigenvalue weighted by Gasteiger charge is 2.55. The molecule has 0 fully saturated rings. The molecule has 0 amide bonds. The summed E-state index contributed by atoms with van der Waals surface area (Å²) >= 11 is 0. The first-order valence-corrected chi connectivity index (χ1v) is 6.99. The Balaban J connectivity index is 2.02. The lowest BCUT2D eigenvalue weighted by Gasteiger charge is -2.51. The van der Waals surface area contributed by atoms with Gasteiger partial charge in [-0.15, -0.1) is 0 Å². The monoisotopic (exact) mass is 267 g/mol. The number of benzene rings is 2. The fourth-order valence-electron chi connectivity index (χ4n) is 3.78. The van der Waals surface area contributed by atoms with E-state index in [2.05, 4.69) is 5.32 Å². The first kappa shape index (κ1) is 11.9. The molecule has 0 radical (unpaired) electrons. The Bertz CT molecular complexity index is 663. The summed E-state index contributed by atoms with van der Waals surface area (Å²) in [5.74, 6) is -0.145. The highest BCUT2D eigenvalue weighted by Crippen LogP contribution is 2.54. The molecule has 1 aliphatic carbocycles. The van der Waals surface area contributed by atoms with Crippen LogP contribution in [0.2, 0.25) is 0 Å². The highest BCUT2D eigenvalue weighted by atomic mass is 16.3. The van der Waals surface area contributed by atoms with Gasteiger partial charge in [0.05, 0.1) is 6.04 Å². The molecule has 4 atom stereocenters. The molecular formula is C17H17NO2. The zero-order chi connectivity index (χ0) is 13.9. The normalized spacial score (nSPS) is 33.9. The molecule has 2 aromatic carbocycles. The Labute approximate surface area is 117 Å². The molecule has 0 saturated heterocycles. The standard InChI is InChI=1S/C17H17NO2/c1-10-11-6-2-3-7-12(11)15-16(19)17(10,20)13-8-4-5-9-14(13)18-15/h2-10,15-16,18-20H,1H3/t10-,15+,16+,17-/m1/s1. The van der Waals surface area contributed by atoms with Gasteiger partial charge in [-0.05, 0) is 17.2 Å². The summed E-state index contributed by atoms with van der Waals surface area (Å²) in [6, 6.07) is 15.5. The van der Waals surface area contributed by atoms with Gasteiger partial charge in [-0.1, -0.05) is 49.4 Å². The van der Waals surface area contributed by atoms with Crippen LogP contribution in [0.15, 0.2) is 48.5 Å². The number of aliphatic hydroxyl groups is 2. The van der Waals surface area contributed by atoms with Crippen LogP contribution >= 0.6 is 0 Å². The summed E-state index contributed by atoms with van der Waals surface area (Å²) in [6.07, 6.45) is -0.845. The predicted molar refractivity (Wildman–Crippen MR) is 77.6 cm³/mol. The van der Waals surface area contributed by atoms with Crippen LogP contribution in [0.25, 0.3) is 0 Å². The van der Waals surface area contributed by atoms with Crippen molar-refractivity contribution in [2.45, 2.75) is 30.6 Å². The van der Waals surface area contributed by atoms with E-state index in [1.807, 2.05) is 55.5 Å². The van der Waals surface area contributed by atoms with E-state index in [9.17, 15) is 10.2 Å². The van der Waals surface area contributed by atoms with Gasteiger partial charge in [-0.3, -0.25) is 0 Å². The third-order valence-electron chi connectivity index (χ3n) is 4.89. The first-order valence-electron chi connectivity index (χ1n) is 6.99. The molecule has 4 rings (SSSR count). The van der Waals surface area contributed by atoms with Gasteiger partial charge in [-0.25, -0.2) is 0 Å². The number of hydrogen-bond acceptors (Lipinski definition) is 3. The quantitative estimate of drug-likeness (QED) is 0.687. The molecule has 0 aromatic heterocycles. The second kappa shape index (κ2) is 3.84. The van der Waals surface area contributed by atoms with Gasteiger partial charge < -0.3 is 15.5 Å². The number of anilines is 1. The van der Waals surface area contributed by atoms with Crippen molar-refractivity contribution in [1.29, 1.82) is 0 Å². The molecule has 1 aliphatic heterocycles. The van der Waals surface area contributed by atoms with E-state index in [1.54, 1.807) is 0 Å². The van der Waals surface area contributed by atoms with Crippen molar-refractivity contribution in [2.75, 3.05) is 5.32 Å². The molecule has 2 aromatic rings. The molecule has 3 heteroatoms. The van der Waals surface area contributed by atoms with Crippen LogP contribution in [0.3, 0.4) is 0 Å². The summed E-state index contributed by atoms with van der Waals surface area (Å²) < 4.78 is 0. The number of para-hydroxylation sites is 1. The number of nitrogens with one attached hydrogen (secondary N) is 1. The van der Waals surface area contributed by atoms with Gasteiger partial charge in [0.2, 0.25) is 0 Å². The molecule has 0 spiro atoms. The lowest BCUT2D eigenvalue weighted by molar-refractivity contribution is -0.115. The van der Waals surface area contributed by atoms with E-state index in [1.165, 1.54) is 0 Å². The van der Waals surface area contributed by atoms with Gasteiger partial charge in [0.15, 0.2) is 0 Å². The second-order valence-corrected chi connectivity index (χ2v) is 5.79. The average Bonchev–Trinajstić information content (AvgIpc) is 2.49. The Morgan fingerprint density at radius 1 is 1.00 bits per heavy atom. The number of aliphatic hydroxyl groups excluding tert-OH is 1. The number of rotatable bonds is 0. The third kappa shape index (κ3) is 1.27. The minimum Gasteiger partial charge on any atom is -0.387 e. The maximum atomic E-state index is 11.2. The van der Waals surface area contributed by atoms with E-state index in [0.29, 0.717) is 0 Å². The molecule has 20 heavy (non-hydrogen) atoms. The van der Waals surface area contributed by atoms with Crippen molar-refractivity contribution in [3.63, 3.8) is 0 Å². The lowest BCUT2D eigenvalue weighted by Crippen LogP contribution is -2.55. The van der Waals surface area contributed by atoms with E-state index in [4.69, 9.17) is 0 Å². The number of hydrogen-bond donors (Lipinski definition) is 3. The zero-order valence-corrected chi connectivity index (χ0v) is 11.2. The molecular weight excluding hydrogens is 250 g/mol. The van der Waals surface area contributed by atoms with Crippen molar-refractivity contribution in [1.82, 2.24) is 0 Å². The third-order valence-corrected chi connectivity index (χ3v) is 4.89. The number of fused-ring (bicyclic) bond motifs is 6. The van der Waals surface area contributed by atoms with Crippen molar-refractivity contribution in [2.24, 2.45) is 0 Å². The van der Waals surface area contributed by atoms with Gasteiger partial charge in [-0.2, -0.15) is 0 Å². The lowest BCUT2D eigenvalue weighted by atomic mass is 9.63. The summed E-state index contributed by atoms with van der Waals surface area (Å²) in [7, 11) is 0. The van der Waals surface area contributed by atoms with Crippen LogP contribution in [0, 0.1) is 0 Å². The topological polar surface area (TPSA) is 52.5 Å².